The summed E-state index contributed by atoms with van der Waals surface area (Å²) in [5, 5.41) is 11.2. The number of benzene rings is 1. The Morgan fingerprint density at radius 3 is 2.71 bits per heavy atom. The molecule has 0 aliphatic heterocycles. The Labute approximate surface area is 173 Å². The molecule has 0 spiro atoms. The normalized spacial score (nSPS) is 11.6. The Morgan fingerprint density at radius 2 is 2.07 bits per heavy atom. The van der Waals surface area contributed by atoms with Crippen molar-refractivity contribution in [3.63, 3.8) is 0 Å². The largest absolute Gasteiger partial charge is 0.496 e. The fourth-order valence-electron chi connectivity index (χ4n) is 2.26. The second kappa shape index (κ2) is 10.2. The molecular formula is C17H24N4O4S3. The van der Waals surface area contributed by atoms with Gasteiger partial charge in [0.1, 0.15) is 5.75 Å². The van der Waals surface area contributed by atoms with Gasteiger partial charge in [-0.1, -0.05) is 30.0 Å². The smallest absolute Gasteiger partial charge is 0.242 e. The molecule has 0 saturated heterocycles. The number of aromatic nitrogens is 2. The molecule has 0 radical (unpaired) electrons. The van der Waals surface area contributed by atoms with E-state index in [0.717, 1.165) is 20.8 Å². The first-order chi connectivity index (χ1) is 13.3. The molecule has 0 unspecified atom stereocenters. The molecule has 28 heavy (non-hydrogen) atoms. The number of hydrogen-bond donors (Lipinski definition) is 1. The highest BCUT2D eigenvalue weighted by atomic mass is 32.2. The van der Waals surface area contributed by atoms with Crippen LogP contribution in [0.3, 0.4) is 0 Å². The molecule has 8 nitrogen and oxygen atoms in total. The van der Waals surface area contributed by atoms with Crippen LogP contribution in [0.25, 0.3) is 0 Å². The molecule has 1 amide bonds. The molecule has 2 rings (SSSR count). The van der Waals surface area contributed by atoms with E-state index in [1.54, 1.807) is 23.9 Å². The van der Waals surface area contributed by atoms with Crippen molar-refractivity contribution in [2.45, 2.75) is 35.4 Å². The standard InChI is InChI=1S/C17H24N4O4S3/c1-5-10-26-17-20-19-16(27-17)18-15(22)9-6-12-11-13(7-8-14(12)25-4)28(23,24)21(2)3/h7-8,11H,5-6,9-10H2,1-4H3,(H,18,19,22). The summed E-state index contributed by atoms with van der Waals surface area (Å²) in [5.41, 5.74) is 0.650. The molecule has 0 bridgehead atoms. The predicted octanol–water partition coefficient (Wildman–Crippen LogP) is 2.87. The van der Waals surface area contributed by atoms with E-state index in [1.165, 1.54) is 38.6 Å². The molecule has 0 fully saturated rings. The van der Waals surface area contributed by atoms with Crippen LogP contribution >= 0.6 is 23.1 Å². The Morgan fingerprint density at radius 1 is 1.32 bits per heavy atom. The third kappa shape index (κ3) is 5.90. The van der Waals surface area contributed by atoms with Crippen molar-refractivity contribution in [1.82, 2.24) is 14.5 Å². The number of ether oxygens (including phenoxy) is 1. The van der Waals surface area contributed by atoms with Gasteiger partial charge in [-0.3, -0.25) is 4.79 Å². The van der Waals surface area contributed by atoms with E-state index in [-0.39, 0.29) is 17.2 Å². The summed E-state index contributed by atoms with van der Waals surface area (Å²) in [5.74, 6) is 1.28. The van der Waals surface area contributed by atoms with Crippen molar-refractivity contribution < 1.29 is 17.9 Å². The molecule has 0 atom stereocenters. The Balaban J connectivity index is 2.04. The van der Waals surface area contributed by atoms with Crippen LogP contribution in [-0.2, 0) is 21.2 Å². The second-order valence-electron chi connectivity index (χ2n) is 6.03. The third-order valence-corrected chi connectivity index (χ3v) is 7.72. The highest BCUT2D eigenvalue weighted by Crippen LogP contribution is 2.27. The minimum absolute atomic E-state index is 0.162. The number of sulfonamides is 1. The predicted molar refractivity (Wildman–Crippen MR) is 112 cm³/mol. The van der Waals surface area contributed by atoms with Gasteiger partial charge >= 0.3 is 0 Å². The van der Waals surface area contributed by atoms with Gasteiger partial charge in [0.15, 0.2) is 4.34 Å². The first kappa shape index (κ1) is 22.6. The number of thioether (sulfide) groups is 1. The van der Waals surface area contributed by atoms with Gasteiger partial charge in [-0.05, 0) is 36.6 Å². The first-order valence-corrected chi connectivity index (χ1v) is 11.9. The lowest BCUT2D eigenvalue weighted by Gasteiger charge is -2.14. The number of amides is 1. The SMILES string of the molecule is CCCSc1nnc(NC(=O)CCc2cc(S(=O)(=O)N(C)C)ccc2OC)s1. The number of carbonyl (C=O) groups is 1. The number of hydrogen-bond acceptors (Lipinski definition) is 8. The Bertz CT molecular complexity index is 913. The lowest BCUT2D eigenvalue weighted by molar-refractivity contribution is -0.116. The van der Waals surface area contributed by atoms with Crippen LogP contribution in [0.5, 0.6) is 5.75 Å². The lowest BCUT2D eigenvalue weighted by atomic mass is 10.1. The molecule has 1 heterocycles. The average Bonchev–Trinajstić information content (AvgIpc) is 3.11. The number of methoxy groups -OCH3 is 1. The van der Waals surface area contributed by atoms with Crippen molar-refractivity contribution in [3.05, 3.63) is 23.8 Å². The number of carbonyl (C=O) groups excluding carboxylic acids is 1. The van der Waals surface area contributed by atoms with E-state index >= 15 is 0 Å². The quantitative estimate of drug-likeness (QED) is 0.444. The van der Waals surface area contributed by atoms with Gasteiger partial charge in [-0.2, -0.15) is 0 Å². The van der Waals surface area contributed by atoms with Crippen LogP contribution in [-0.4, -0.2) is 55.8 Å². The van der Waals surface area contributed by atoms with Crippen molar-refractivity contribution in [3.8, 4) is 5.75 Å². The van der Waals surface area contributed by atoms with Gasteiger partial charge in [0, 0.05) is 26.3 Å². The molecular weight excluding hydrogens is 420 g/mol. The molecule has 1 N–H and O–H groups in total. The fourth-order valence-corrected chi connectivity index (χ4v) is 4.91. The van der Waals surface area contributed by atoms with Crippen LogP contribution in [0.1, 0.15) is 25.3 Å². The number of aryl methyl sites for hydroxylation is 1. The van der Waals surface area contributed by atoms with E-state index in [4.69, 9.17) is 4.74 Å². The molecule has 0 saturated carbocycles. The van der Waals surface area contributed by atoms with Crippen LogP contribution in [0.15, 0.2) is 27.4 Å². The van der Waals surface area contributed by atoms with Crippen LogP contribution in [0, 0.1) is 0 Å². The van der Waals surface area contributed by atoms with Crippen LogP contribution < -0.4 is 10.1 Å². The number of nitrogens with one attached hydrogen (secondary N) is 1. The van der Waals surface area contributed by atoms with Crippen LogP contribution in [0.4, 0.5) is 5.13 Å². The Kier molecular flexibility index (Phi) is 8.23. The van der Waals surface area contributed by atoms with E-state index in [2.05, 4.69) is 22.4 Å². The summed E-state index contributed by atoms with van der Waals surface area (Å²) < 4.78 is 31.9. The van der Waals surface area contributed by atoms with Gasteiger partial charge in [-0.15, -0.1) is 10.2 Å². The fraction of sp³-hybridized carbons (Fsp3) is 0.471. The van der Waals surface area contributed by atoms with E-state index in [0.29, 0.717) is 22.9 Å². The zero-order chi connectivity index (χ0) is 20.7. The maximum absolute atomic E-state index is 12.3. The summed E-state index contributed by atoms with van der Waals surface area (Å²) in [6.45, 7) is 2.09. The second-order valence-corrected chi connectivity index (χ2v) is 10.5. The zero-order valence-electron chi connectivity index (χ0n) is 16.3. The van der Waals surface area contributed by atoms with Crippen molar-refractivity contribution in [2.24, 2.45) is 0 Å². The van der Waals surface area contributed by atoms with Crippen molar-refractivity contribution in [2.75, 3.05) is 32.3 Å². The first-order valence-electron chi connectivity index (χ1n) is 8.63. The molecule has 154 valence electrons. The minimum Gasteiger partial charge on any atom is -0.496 e. The van der Waals surface area contributed by atoms with Gasteiger partial charge in [0.25, 0.3) is 0 Å². The van der Waals surface area contributed by atoms with E-state index in [1.807, 2.05) is 0 Å². The van der Waals surface area contributed by atoms with Gasteiger partial charge in [0.2, 0.25) is 21.1 Å². The van der Waals surface area contributed by atoms with Crippen molar-refractivity contribution >= 4 is 44.2 Å². The van der Waals surface area contributed by atoms with E-state index in [9.17, 15) is 13.2 Å². The molecule has 2 aromatic rings. The number of anilines is 1. The maximum atomic E-state index is 12.3. The van der Waals surface area contributed by atoms with Gasteiger partial charge in [0.05, 0.1) is 12.0 Å². The monoisotopic (exact) mass is 444 g/mol. The summed E-state index contributed by atoms with van der Waals surface area (Å²) in [4.78, 5) is 12.4. The maximum Gasteiger partial charge on any atom is 0.242 e. The van der Waals surface area contributed by atoms with Crippen LogP contribution in [0.2, 0.25) is 0 Å². The molecule has 0 aliphatic carbocycles. The van der Waals surface area contributed by atoms with Gasteiger partial charge < -0.3 is 10.1 Å². The molecule has 1 aromatic carbocycles. The zero-order valence-corrected chi connectivity index (χ0v) is 18.7. The summed E-state index contributed by atoms with van der Waals surface area (Å²) >= 11 is 2.94. The minimum atomic E-state index is -3.56. The van der Waals surface area contributed by atoms with Gasteiger partial charge in [-0.25, -0.2) is 12.7 Å². The highest BCUT2D eigenvalue weighted by Gasteiger charge is 2.19. The highest BCUT2D eigenvalue weighted by molar-refractivity contribution is 8.01. The third-order valence-electron chi connectivity index (χ3n) is 3.73. The average molecular weight is 445 g/mol. The topological polar surface area (TPSA) is 101 Å². The lowest BCUT2D eigenvalue weighted by Crippen LogP contribution is -2.22. The molecule has 1 aromatic heterocycles. The van der Waals surface area contributed by atoms with E-state index < -0.39 is 10.0 Å². The summed E-state index contributed by atoms with van der Waals surface area (Å²) in [6, 6.07) is 4.64. The summed E-state index contributed by atoms with van der Waals surface area (Å²) in [6.07, 6.45) is 1.54. The molecule has 11 heteroatoms. The van der Waals surface area contributed by atoms with Crippen molar-refractivity contribution in [1.29, 1.82) is 0 Å². The number of rotatable bonds is 10. The summed E-state index contributed by atoms with van der Waals surface area (Å²) in [7, 11) is 0.900. The molecule has 0 aliphatic rings. The Hall–Kier alpha value is -1.69. The number of nitrogens with zero attached hydrogens (tertiary/aromatic N) is 3.